The van der Waals surface area contributed by atoms with Gasteiger partial charge in [0.2, 0.25) is 5.91 Å². The molecule has 48 heavy (non-hydrogen) atoms. The third-order valence-electron chi connectivity index (χ3n) is 7.40. The lowest BCUT2D eigenvalue weighted by molar-refractivity contribution is -0.121. The predicted molar refractivity (Wildman–Crippen MR) is 183 cm³/mol. The number of aliphatic hydroxyl groups is 1. The monoisotopic (exact) mass is 707 g/mol. The highest BCUT2D eigenvalue weighted by atomic mass is 35.5. The Balaban J connectivity index is 1.12. The van der Waals surface area contributed by atoms with Crippen LogP contribution in [-0.2, 0) is 33.2 Å². The van der Waals surface area contributed by atoms with E-state index in [1.165, 1.54) is 4.88 Å². The van der Waals surface area contributed by atoms with Gasteiger partial charge in [-0.2, -0.15) is 0 Å². The number of benzene rings is 1. The summed E-state index contributed by atoms with van der Waals surface area (Å²) in [5.74, 6) is 1.24. The van der Waals surface area contributed by atoms with Crippen molar-refractivity contribution in [1.82, 2.24) is 20.1 Å². The van der Waals surface area contributed by atoms with Gasteiger partial charge in [0.1, 0.15) is 16.9 Å². The maximum Gasteiger partial charge on any atom is 0.222 e. The number of nitrogens with one attached hydrogen (secondary N) is 1. The zero-order valence-electron chi connectivity index (χ0n) is 27.9. The molecule has 3 heterocycles. The lowest BCUT2D eigenvalue weighted by Gasteiger charge is -2.13. The predicted octanol–water partition coefficient (Wildman–Crippen LogP) is 3.40. The Kier molecular flexibility index (Phi) is 16.4. The molecule has 4 rings (SSSR count). The summed E-state index contributed by atoms with van der Waals surface area (Å²) in [6.45, 7) is 11.8. The fraction of sp³-hybridized carbons (Fsp3) is 0.576. The van der Waals surface area contributed by atoms with Crippen LogP contribution in [0, 0.1) is 20.8 Å². The van der Waals surface area contributed by atoms with E-state index in [2.05, 4.69) is 29.4 Å². The molecule has 2 aromatic heterocycles. The van der Waals surface area contributed by atoms with Crippen molar-refractivity contribution in [1.29, 1.82) is 0 Å². The molecule has 1 atom stereocenters. The molecule has 0 saturated carbocycles. The molecule has 1 aliphatic rings. The van der Waals surface area contributed by atoms with Crippen LogP contribution < -0.4 is 5.32 Å². The zero-order chi connectivity index (χ0) is 34.1. The van der Waals surface area contributed by atoms with Gasteiger partial charge in [-0.05, 0) is 38.5 Å². The third-order valence-corrected chi connectivity index (χ3v) is 8.84. The van der Waals surface area contributed by atoms with Crippen molar-refractivity contribution in [3.05, 3.63) is 62.5 Å². The van der Waals surface area contributed by atoms with Gasteiger partial charge in [-0.15, -0.1) is 21.5 Å². The molecule has 0 aliphatic carbocycles. The molecule has 0 unspecified atom stereocenters. The average molecular weight is 708 g/mol. The highest BCUT2D eigenvalue weighted by molar-refractivity contribution is 7.15. The van der Waals surface area contributed by atoms with Crippen LogP contribution in [0.3, 0.4) is 0 Å². The lowest BCUT2D eigenvalue weighted by atomic mass is 9.99. The van der Waals surface area contributed by atoms with E-state index in [1.54, 1.807) is 11.3 Å². The number of carbonyl (C=O) groups is 1. The number of hydrogen-bond acceptors (Lipinski definition) is 12. The zero-order valence-corrected chi connectivity index (χ0v) is 29.4. The van der Waals surface area contributed by atoms with Crippen LogP contribution in [0.2, 0.25) is 5.02 Å². The van der Waals surface area contributed by atoms with Gasteiger partial charge in [0.25, 0.3) is 0 Å². The van der Waals surface area contributed by atoms with Gasteiger partial charge in [0.05, 0.1) is 98.0 Å². The van der Waals surface area contributed by atoms with Crippen molar-refractivity contribution in [2.75, 3.05) is 92.4 Å². The minimum absolute atomic E-state index is 0.0140. The number of nitrogens with zero attached hydrogens (tertiary/aromatic N) is 4. The van der Waals surface area contributed by atoms with Crippen molar-refractivity contribution < 1.29 is 38.3 Å². The molecule has 0 saturated heterocycles. The van der Waals surface area contributed by atoms with Gasteiger partial charge < -0.3 is 38.8 Å². The van der Waals surface area contributed by atoms with Gasteiger partial charge in [0, 0.05) is 27.6 Å². The van der Waals surface area contributed by atoms with Gasteiger partial charge in [-0.3, -0.25) is 14.4 Å². The molecule has 264 valence electrons. The second kappa shape index (κ2) is 20.7. The van der Waals surface area contributed by atoms with Crippen LogP contribution in [0.5, 0.6) is 0 Å². The first-order valence-corrected chi connectivity index (χ1v) is 17.3. The van der Waals surface area contributed by atoms with Gasteiger partial charge in [0.15, 0.2) is 5.82 Å². The first kappa shape index (κ1) is 38.0. The number of hydrogen-bond donors (Lipinski definition) is 2. The number of carbonyl (C=O) groups excluding carboxylic acids is 1. The number of rotatable bonds is 23. The number of fused-ring (bicyclic) bond motifs is 3. The molecular weight excluding hydrogens is 662 g/mol. The second-order valence-electron chi connectivity index (χ2n) is 10.9. The molecule has 1 aromatic carbocycles. The fourth-order valence-electron chi connectivity index (χ4n) is 4.91. The van der Waals surface area contributed by atoms with Crippen LogP contribution >= 0.6 is 22.9 Å². The largest absolute Gasteiger partial charge is 0.394 e. The van der Waals surface area contributed by atoms with Crippen molar-refractivity contribution in [2.45, 2.75) is 33.2 Å². The quantitative estimate of drug-likeness (QED) is 0.141. The van der Waals surface area contributed by atoms with Crippen molar-refractivity contribution in [3.63, 3.8) is 0 Å². The number of amides is 1. The summed E-state index contributed by atoms with van der Waals surface area (Å²) in [6, 6.07) is 7.09. The van der Waals surface area contributed by atoms with Crippen molar-refractivity contribution >= 4 is 34.6 Å². The maximum absolute atomic E-state index is 13.1. The molecule has 1 amide bonds. The van der Waals surface area contributed by atoms with E-state index < -0.39 is 6.04 Å². The summed E-state index contributed by atoms with van der Waals surface area (Å²) in [6.07, 6.45) is 0.117. The number of aliphatic hydroxyl groups excluding tert-OH is 1. The fourth-order valence-corrected chi connectivity index (χ4v) is 6.25. The third kappa shape index (κ3) is 11.4. The van der Waals surface area contributed by atoms with E-state index in [4.69, 9.17) is 50.1 Å². The topological polar surface area (TPSA) is 148 Å². The molecule has 1 aliphatic heterocycles. The molecule has 13 nitrogen and oxygen atoms in total. The van der Waals surface area contributed by atoms with Crippen LogP contribution in [0.4, 0.5) is 0 Å². The van der Waals surface area contributed by atoms with Crippen LogP contribution in [0.1, 0.15) is 45.7 Å². The molecule has 0 bridgehead atoms. The first-order valence-electron chi connectivity index (χ1n) is 16.1. The van der Waals surface area contributed by atoms with Crippen LogP contribution in [0.25, 0.3) is 5.00 Å². The van der Waals surface area contributed by atoms with E-state index >= 15 is 0 Å². The van der Waals surface area contributed by atoms with E-state index in [0.717, 1.165) is 33.2 Å². The highest BCUT2D eigenvalue weighted by Gasteiger charge is 2.32. The standard InChI is InChI=1S/C33H46ClN5O8S/c1-23-24(2)48-33-30(23)31(26-4-6-27(34)7-5-26)36-28(32-38-37-25(3)39(32)33)22-29(41)35-8-10-42-12-14-44-16-18-46-20-21-47-19-17-45-15-13-43-11-9-40/h4-7,28,40H,8-22H2,1-3H3,(H,35,41)/t28-/m0/s1. The van der Waals surface area contributed by atoms with Gasteiger partial charge in [-0.1, -0.05) is 23.7 Å². The smallest absolute Gasteiger partial charge is 0.222 e. The number of aromatic nitrogens is 3. The lowest BCUT2D eigenvalue weighted by Crippen LogP contribution is -2.29. The SMILES string of the molecule is Cc1sc2c(c1C)C(c1ccc(Cl)cc1)=N[C@@H](CC(=O)NCCOCCOCCOCCOCCOCCOCCO)c1nnc(C)n1-2. The number of ether oxygens (including phenoxy) is 6. The van der Waals surface area contributed by atoms with E-state index in [1.807, 2.05) is 35.8 Å². The molecule has 3 aromatic rings. The Hall–Kier alpha value is -2.79. The van der Waals surface area contributed by atoms with Crippen molar-refractivity contribution in [3.8, 4) is 5.00 Å². The molecular formula is C33H46ClN5O8S. The Morgan fingerprint density at radius 2 is 1.38 bits per heavy atom. The average Bonchev–Trinajstić information content (AvgIpc) is 3.55. The molecule has 15 heteroatoms. The Bertz CT molecular complexity index is 1450. The minimum Gasteiger partial charge on any atom is -0.394 e. The molecule has 2 N–H and O–H groups in total. The number of aryl methyl sites for hydroxylation is 2. The molecule has 0 spiro atoms. The Morgan fingerprint density at radius 1 is 0.833 bits per heavy atom. The highest BCUT2D eigenvalue weighted by Crippen LogP contribution is 2.39. The number of thiophene rings is 1. The molecule has 0 radical (unpaired) electrons. The Labute approximate surface area is 290 Å². The number of halogens is 1. The van der Waals surface area contributed by atoms with Gasteiger partial charge >= 0.3 is 0 Å². The van der Waals surface area contributed by atoms with E-state index in [9.17, 15) is 4.79 Å². The van der Waals surface area contributed by atoms with Crippen molar-refractivity contribution in [2.24, 2.45) is 4.99 Å². The van der Waals surface area contributed by atoms with Crippen LogP contribution in [0.15, 0.2) is 29.3 Å². The summed E-state index contributed by atoms with van der Waals surface area (Å²) < 4.78 is 34.5. The minimum atomic E-state index is -0.526. The second-order valence-corrected chi connectivity index (χ2v) is 12.5. The number of aliphatic imine (C=N–C) groups is 1. The Morgan fingerprint density at radius 3 is 1.94 bits per heavy atom. The summed E-state index contributed by atoms with van der Waals surface area (Å²) in [5, 5.41) is 22.0. The van der Waals surface area contributed by atoms with Crippen LogP contribution in [-0.4, -0.2) is 124 Å². The maximum atomic E-state index is 13.1. The van der Waals surface area contributed by atoms with E-state index in [0.29, 0.717) is 96.7 Å². The summed E-state index contributed by atoms with van der Waals surface area (Å²) >= 11 is 7.87. The van der Waals surface area contributed by atoms with Gasteiger partial charge in [-0.25, -0.2) is 0 Å². The molecule has 0 fully saturated rings. The van der Waals surface area contributed by atoms with E-state index in [-0.39, 0.29) is 18.9 Å². The first-order chi connectivity index (χ1) is 23.4. The summed E-state index contributed by atoms with van der Waals surface area (Å²) in [5.41, 5.74) is 3.91. The summed E-state index contributed by atoms with van der Waals surface area (Å²) in [7, 11) is 0. The normalized spacial score (nSPS) is 14.0. The summed E-state index contributed by atoms with van der Waals surface area (Å²) in [4.78, 5) is 19.4.